The van der Waals surface area contributed by atoms with Crippen LogP contribution in [0.5, 0.6) is 11.5 Å². The van der Waals surface area contributed by atoms with E-state index in [0.29, 0.717) is 30.7 Å². The molecule has 50 heavy (non-hydrogen) atoms. The first-order chi connectivity index (χ1) is 24.1. The molecule has 6 rings (SSSR count). The van der Waals surface area contributed by atoms with E-state index in [0.717, 1.165) is 44.8 Å². The number of aryl methyl sites for hydroxylation is 1. The number of hydrogen-bond donors (Lipinski definition) is 1. The second-order valence-electron chi connectivity index (χ2n) is 12.0. The Hall–Kier alpha value is -4.80. The molecule has 1 atom stereocenters. The second kappa shape index (κ2) is 15.0. The number of esters is 1. The molecule has 7 nitrogen and oxygen atoms in total. The number of terminal acetylenes is 1. The minimum absolute atomic E-state index is 0.0608. The molecule has 254 valence electrons. The van der Waals surface area contributed by atoms with Crippen molar-refractivity contribution in [3.63, 3.8) is 0 Å². The molecule has 0 fully saturated rings. The number of carbonyl (C=O) groups is 1. The lowest BCUT2D eigenvalue weighted by Crippen LogP contribution is -2.24. The molecule has 0 amide bonds. The number of thiazole rings is 1. The molecule has 0 aliphatic carbocycles. The maximum Gasteiger partial charge on any atom is 0.330 e. The van der Waals surface area contributed by atoms with Gasteiger partial charge < -0.3 is 14.5 Å². The summed E-state index contributed by atoms with van der Waals surface area (Å²) in [5, 5.41) is 3.71. The topological polar surface area (TPSA) is 82.0 Å². The van der Waals surface area contributed by atoms with Crippen LogP contribution in [0.2, 0.25) is 0 Å². The zero-order valence-corrected chi connectivity index (χ0v) is 30.6. The SMILES string of the molecule is C#CCCCC(C)(c1cccc(/C=C/C(=O)OC)c1)c1cnc(-c2cc(Oc3c(F)cc4c(ccn4I)c3Cc3csc(C)n3)ccc2F)[nH]1. The van der Waals surface area contributed by atoms with Gasteiger partial charge in [-0.1, -0.05) is 24.3 Å². The van der Waals surface area contributed by atoms with Crippen LogP contribution in [-0.2, 0) is 21.4 Å². The Morgan fingerprint density at radius 1 is 1.18 bits per heavy atom. The Bertz CT molecular complexity index is 2270. The molecule has 0 saturated heterocycles. The van der Waals surface area contributed by atoms with Gasteiger partial charge >= 0.3 is 5.97 Å². The fraction of sp³-hybridized carbons (Fsp3) is 0.205. The number of carbonyl (C=O) groups excluding carboxylic acids is 1. The van der Waals surface area contributed by atoms with E-state index in [2.05, 4.69) is 50.7 Å². The van der Waals surface area contributed by atoms with Gasteiger partial charge in [0.2, 0.25) is 0 Å². The smallest absolute Gasteiger partial charge is 0.330 e. The number of halogens is 3. The molecule has 3 aromatic carbocycles. The number of imidazole rings is 1. The van der Waals surface area contributed by atoms with Crippen LogP contribution in [0.1, 0.15) is 59.3 Å². The van der Waals surface area contributed by atoms with Crippen LogP contribution in [0.15, 0.2) is 78.4 Å². The van der Waals surface area contributed by atoms with Crippen molar-refractivity contribution in [3.05, 3.63) is 123 Å². The number of fused-ring (bicyclic) bond motifs is 1. The molecule has 0 bridgehead atoms. The highest BCUT2D eigenvalue weighted by Gasteiger charge is 2.31. The summed E-state index contributed by atoms with van der Waals surface area (Å²) >= 11 is 3.64. The van der Waals surface area contributed by atoms with E-state index in [-0.39, 0.29) is 17.1 Å². The van der Waals surface area contributed by atoms with Gasteiger partial charge in [-0.25, -0.2) is 23.5 Å². The minimum atomic E-state index is -0.585. The number of methoxy groups -OCH3 is 1. The summed E-state index contributed by atoms with van der Waals surface area (Å²) in [6.07, 6.45) is 14.6. The van der Waals surface area contributed by atoms with Crippen LogP contribution in [0.3, 0.4) is 0 Å². The summed E-state index contributed by atoms with van der Waals surface area (Å²) in [6, 6.07) is 15.5. The lowest BCUT2D eigenvalue weighted by molar-refractivity contribution is -0.134. The Kier molecular flexibility index (Phi) is 10.5. The summed E-state index contributed by atoms with van der Waals surface area (Å²) in [4.78, 5) is 24.3. The molecule has 0 aliphatic heterocycles. The zero-order chi connectivity index (χ0) is 35.4. The maximum absolute atomic E-state index is 15.8. The molecule has 1 N–H and O–H groups in total. The average Bonchev–Trinajstić information content (AvgIpc) is 3.86. The summed E-state index contributed by atoms with van der Waals surface area (Å²) in [6.45, 7) is 4.00. The van der Waals surface area contributed by atoms with E-state index < -0.39 is 23.0 Å². The monoisotopic (exact) mass is 802 g/mol. The maximum atomic E-state index is 15.8. The van der Waals surface area contributed by atoms with E-state index >= 15 is 8.78 Å². The second-order valence-corrected chi connectivity index (χ2v) is 14.1. The third kappa shape index (κ3) is 7.37. The summed E-state index contributed by atoms with van der Waals surface area (Å²) in [7, 11) is 1.33. The first-order valence-electron chi connectivity index (χ1n) is 15.8. The van der Waals surface area contributed by atoms with Gasteiger partial charge in [-0.2, -0.15) is 0 Å². The molecule has 3 aromatic heterocycles. The fourth-order valence-corrected chi connectivity index (χ4v) is 7.20. The molecule has 0 radical (unpaired) electrons. The molecule has 0 spiro atoms. The molecule has 3 heterocycles. The van der Waals surface area contributed by atoms with Crippen molar-refractivity contribution in [2.45, 2.75) is 44.9 Å². The van der Waals surface area contributed by atoms with Gasteiger partial charge in [0, 0.05) is 64.8 Å². The quantitative estimate of drug-likeness (QED) is 0.0438. The Balaban J connectivity index is 1.36. The van der Waals surface area contributed by atoms with Crippen LogP contribution >= 0.6 is 34.2 Å². The van der Waals surface area contributed by atoms with Crippen molar-refractivity contribution >= 4 is 57.1 Å². The first-order valence-corrected chi connectivity index (χ1v) is 17.7. The van der Waals surface area contributed by atoms with Gasteiger partial charge in [0.15, 0.2) is 11.6 Å². The molecular formula is C39H33F2IN4O3S. The van der Waals surface area contributed by atoms with Crippen LogP contribution in [0, 0.1) is 30.9 Å². The number of unbranched alkanes of at least 4 members (excludes halogenated alkanes) is 1. The van der Waals surface area contributed by atoms with Crippen molar-refractivity contribution in [3.8, 4) is 35.2 Å². The molecular weight excluding hydrogens is 769 g/mol. The summed E-state index contributed by atoms with van der Waals surface area (Å²) in [5.41, 5.74) is 4.30. The third-order valence-electron chi connectivity index (χ3n) is 8.70. The summed E-state index contributed by atoms with van der Waals surface area (Å²) in [5.74, 6) is 1.82. The highest BCUT2D eigenvalue weighted by Crippen LogP contribution is 2.40. The minimum Gasteiger partial charge on any atom is -0.466 e. The predicted octanol–water partition coefficient (Wildman–Crippen LogP) is 9.95. The van der Waals surface area contributed by atoms with Crippen molar-refractivity contribution in [1.82, 2.24) is 17.7 Å². The Morgan fingerprint density at radius 3 is 2.78 bits per heavy atom. The lowest BCUT2D eigenvalue weighted by atomic mass is 9.75. The van der Waals surface area contributed by atoms with Crippen molar-refractivity contribution in [2.75, 3.05) is 7.11 Å². The van der Waals surface area contributed by atoms with E-state index in [4.69, 9.17) is 15.9 Å². The van der Waals surface area contributed by atoms with E-state index in [1.54, 1.807) is 12.3 Å². The number of hydrogen-bond acceptors (Lipinski definition) is 6. The number of aromatic nitrogens is 4. The molecule has 0 saturated carbocycles. The normalized spacial score (nSPS) is 12.7. The van der Waals surface area contributed by atoms with E-state index in [9.17, 15) is 4.79 Å². The van der Waals surface area contributed by atoms with Crippen LogP contribution in [0.25, 0.3) is 28.4 Å². The first kappa shape index (κ1) is 35.0. The van der Waals surface area contributed by atoms with Gasteiger partial charge in [0.05, 0.1) is 51.8 Å². The van der Waals surface area contributed by atoms with Gasteiger partial charge in [-0.05, 0) is 68.2 Å². The predicted molar refractivity (Wildman–Crippen MR) is 202 cm³/mol. The fourth-order valence-electron chi connectivity index (χ4n) is 6.03. The Labute approximate surface area is 306 Å². The van der Waals surface area contributed by atoms with E-state index in [1.165, 1.54) is 48.8 Å². The third-order valence-corrected chi connectivity index (χ3v) is 10.4. The number of benzene rings is 3. The van der Waals surface area contributed by atoms with Gasteiger partial charge in [-0.3, -0.25) is 2.78 Å². The largest absolute Gasteiger partial charge is 0.466 e. The number of ether oxygens (including phenoxy) is 2. The molecule has 6 aromatic rings. The number of aromatic amines is 1. The van der Waals surface area contributed by atoms with Gasteiger partial charge in [-0.15, -0.1) is 23.7 Å². The van der Waals surface area contributed by atoms with Crippen molar-refractivity contribution in [2.24, 2.45) is 0 Å². The number of nitrogens with zero attached hydrogens (tertiary/aromatic N) is 3. The van der Waals surface area contributed by atoms with Crippen LogP contribution in [0.4, 0.5) is 8.78 Å². The number of nitrogens with one attached hydrogen (secondary N) is 1. The number of rotatable bonds is 12. The van der Waals surface area contributed by atoms with Gasteiger partial charge in [0.1, 0.15) is 17.4 Å². The number of H-pyrrole nitrogens is 1. The Morgan fingerprint density at radius 2 is 2.02 bits per heavy atom. The van der Waals surface area contributed by atoms with E-state index in [1.807, 2.05) is 51.6 Å². The lowest BCUT2D eigenvalue weighted by Gasteiger charge is -2.29. The standard InChI is InChI=1S/C39H33F2IN4O3S/c1-5-6-7-16-39(3,26-10-8-9-25(18-26)11-14-36(47)48-4)35-22-43-38(45-35)31-20-28(12-13-32(31)40)49-37-30(19-27-23-50-24(2)44-27)29-15-17-46(42)34(29)21-33(37)41/h1,8-15,17-18,20-23H,6-7,16,19H2,2-4H3,(H,43,45)/b14-11+. The van der Waals surface area contributed by atoms with Gasteiger partial charge in [0.25, 0.3) is 0 Å². The molecule has 1 unspecified atom stereocenters. The van der Waals surface area contributed by atoms with Crippen molar-refractivity contribution in [1.29, 1.82) is 0 Å². The van der Waals surface area contributed by atoms with Crippen LogP contribution in [-0.4, -0.2) is 30.8 Å². The highest BCUT2D eigenvalue weighted by molar-refractivity contribution is 14.1. The molecule has 0 aliphatic rings. The van der Waals surface area contributed by atoms with Crippen molar-refractivity contribution < 1.29 is 23.0 Å². The van der Waals surface area contributed by atoms with Crippen LogP contribution < -0.4 is 4.74 Å². The zero-order valence-electron chi connectivity index (χ0n) is 27.6. The average molecular weight is 803 g/mol. The summed E-state index contributed by atoms with van der Waals surface area (Å²) < 4.78 is 44.1. The highest BCUT2D eigenvalue weighted by atomic mass is 127. The molecule has 11 heteroatoms.